The van der Waals surface area contributed by atoms with Gasteiger partial charge in [-0.25, -0.2) is 19.9 Å². The molecule has 10 aromatic rings. The largest absolute Gasteiger partial charge is 0.298 e. The lowest BCUT2D eigenvalue weighted by Gasteiger charge is -2.11. The standard InChI is InChI=1S/C46H29N5/c1-2-10-30(11-3-1)31-17-23-34(24-18-31)42-37-12-4-7-15-40(37)48-46(50-42)36-27-21-33(22-28-36)32-19-25-35(26-20-32)43-45-44(38-13-5-6-14-39(38)47-43)49-41-16-8-9-29-51(41)45/h1-29H. The summed E-state index contributed by atoms with van der Waals surface area (Å²) in [7, 11) is 0. The molecule has 0 bridgehead atoms. The van der Waals surface area contributed by atoms with Crippen LogP contribution in [0.15, 0.2) is 176 Å². The highest BCUT2D eigenvalue weighted by atomic mass is 15.0. The zero-order valence-corrected chi connectivity index (χ0v) is 27.5. The summed E-state index contributed by atoms with van der Waals surface area (Å²) in [6.07, 6.45) is 2.06. The van der Waals surface area contributed by atoms with Gasteiger partial charge in [0.15, 0.2) is 5.82 Å². The van der Waals surface area contributed by atoms with E-state index in [0.29, 0.717) is 5.82 Å². The molecule has 4 aromatic heterocycles. The Hall–Kier alpha value is -6.98. The molecule has 0 aliphatic carbocycles. The van der Waals surface area contributed by atoms with Crippen LogP contribution in [0.5, 0.6) is 0 Å². The van der Waals surface area contributed by atoms with Crippen molar-refractivity contribution in [2.45, 2.75) is 0 Å². The first-order valence-corrected chi connectivity index (χ1v) is 17.1. The van der Waals surface area contributed by atoms with Gasteiger partial charge >= 0.3 is 0 Å². The van der Waals surface area contributed by atoms with E-state index in [9.17, 15) is 0 Å². The van der Waals surface area contributed by atoms with Crippen LogP contribution >= 0.6 is 0 Å². The van der Waals surface area contributed by atoms with Crippen molar-refractivity contribution < 1.29 is 0 Å². The van der Waals surface area contributed by atoms with Gasteiger partial charge in [0, 0.05) is 33.7 Å². The van der Waals surface area contributed by atoms with Gasteiger partial charge in [0.2, 0.25) is 0 Å². The first-order valence-electron chi connectivity index (χ1n) is 17.1. The van der Waals surface area contributed by atoms with Gasteiger partial charge in [-0.3, -0.25) is 4.40 Å². The predicted molar refractivity (Wildman–Crippen MR) is 208 cm³/mol. The van der Waals surface area contributed by atoms with Crippen molar-refractivity contribution in [1.82, 2.24) is 24.3 Å². The third kappa shape index (κ3) is 5.03. The number of imidazole rings is 1. The molecule has 0 saturated heterocycles. The summed E-state index contributed by atoms with van der Waals surface area (Å²) in [6, 6.07) is 58.8. The van der Waals surface area contributed by atoms with E-state index in [1.54, 1.807) is 0 Å². The van der Waals surface area contributed by atoms with Gasteiger partial charge in [-0.1, -0.05) is 146 Å². The van der Waals surface area contributed by atoms with Crippen molar-refractivity contribution in [3.8, 4) is 56.2 Å². The number of hydrogen-bond donors (Lipinski definition) is 0. The van der Waals surface area contributed by atoms with E-state index in [4.69, 9.17) is 19.9 Å². The molecule has 0 amide bonds. The van der Waals surface area contributed by atoms with E-state index in [-0.39, 0.29) is 0 Å². The Morgan fingerprint density at radius 1 is 0.333 bits per heavy atom. The summed E-state index contributed by atoms with van der Waals surface area (Å²) in [4.78, 5) is 20.2. The maximum atomic E-state index is 5.14. The topological polar surface area (TPSA) is 56.0 Å². The fourth-order valence-electron chi connectivity index (χ4n) is 7.07. The molecule has 0 aliphatic rings. The Morgan fingerprint density at radius 2 is 0.843 bits per heavy atom. The Balaban J connectivity index is 0.992. The number of nitrogens with zero attached hydrogens (tertiary/aromatic N) is 5. The molecule has 0 fully saturated rings. The lowest BCUT2D eigenvalue weighted by atomic mass is 9.99. The number of aromatic nitrogens is 5. The Labute approximate surface area is 294 Å². The molecule has 5 nitrogen and oxygen atoms in total. The summed E-state index contributed by atoms with van der Waals surface area (Å²) < 4.78 is 2.14. The van der Waals surface area contributed by atoms with E-state index in [0.717, 1.165) is 77.7 Å². The highest BCUT2D eigenvalue weighted by molar-refractivity contribution is 6.09. The molecular formula is C46H29N5. The Morgan fingerprint density at radius 3 is 1.53 bits per heavy atom. The smallest absolute Gasteiger partial charge is 0.160 e. The monoisotopic (exact) mass is 651 g/mol. The van der Waals surface area contributed by atoms with Crippen LogP contribution in [0.3, 0.4) is 0 Å². The molecule has 0 atom stereocenters. The molecule has 0 aliphatic heterocycles. The maximum Gasteiger partial charge on any atom is 0.160 e. The highest BCUT2D eigenvalue weighted by Gasteiger charge is 2.17. The van der Waals surface area contributed by atoms with Crippen LogP contribution in [0.1, 0.15) is 0 Å². The fraction of sp³-hybridized carbons (Fsp3) is 0. The highest BCUT2D eigenvalue weighted by Crippen LogP contribution is 2.35. The first kappa shape index (κ1) is 29.0. The van der Waals surface area contributed by atoms with Gasteiger partial charge in [-0.05, 0) is 46.5 Å². The van der Waals surface area contributed by atoms with Crippen LogP contribution < -0.4 is 0 Å². The summed E-state index contributed by atoms with van der Waals surface area (Å²) in [6.45, 7) is 0. The average Bonchev–Trinajstić information content (AvgIpc) is 3.61. The average molecular weight is 652 g/mol. The molecular weight excluding hydrogens is 623 g/mol. The van der Waals surface area contributed by atoms with Crippen molar-refractivity contribution in [3.63, 3.8) is 0 Å². The predicted octanol–water partition coefficient (Wildman–Crippen LogP) is 11.3. The van der Waals surface area contributed by atoms with Gasteiger partial charge in [0.1, 0.15) is 11.2 Å². The number of rotatable bonds is 5. The minimum absolute atomic E-state index is 0.706. The summed E-state index contributed by atoms with van der Waals surface area (Å²) in [5.74, 6) is 0.706. The quantitative estimate of drug-likeness (QED) is 0.186. The van der Waals surface area contributed by atoms with E-state index in [2.05, 4.69) is 132 Å². The van der Waals surface area contributed by atoms with Crippen molar-refractivity contribution in [2.24, 2.45) is 0 Å². The zero-order chi connectivity index (χ0) is 33.7. The Bertz CT molecular complexity index is 2880. The van der Waals surface area contributed by atoms with Crippen LogP contribution in [0, 0.1) is 0 Å². The maximum absolute atomic E-state index is 5.14. The van der Waals surface area contributed by atoms with E-state index >= 15 is 0 Å². The molecule has 0 saturated carbocycles. The SMILES string of the molecule is c1ccc(-c2ccc(-c3nc(-c4ccc(-c5ccc(-c6nc7ccccc7c7nc8ccccn8c67)cc5)cc4)nc4ccccc34)cc2)cc1. The van der Waals surface area contributed by atoms with Gasteiger partial charge in [0.05, 0.1) is 27.9 Å². The third-order valence-corrected chi connectivity index (χ3v) is 9.65. The number of benzene rings is 6. The second-order valence-corrected chi connectivity index (χ2v) is 12.7. The normalized spacial score (nSPS) is 11.5. The lowest BCUT2D eigenvalue weighted by Crippen LogP contribution is -1.95. The van der Waals surface area contributed by atoms with Crippen LogP contribution in [-0.2, 0) is 0 Å². The molecule has 6 aromatic carbocycles. The molecule has 0 radical (unpaired) electrons. The number of hydrogen-bond acceptors (Lipinski definition) is 4. The molecule has 51 heavy (non-hydrogen) atoms. The molecule has 5 heteroatoms. The first-order chi connectivity index (χ1) is 25.3. The molecule has 238 valence electrons. The van der Waals surface area contributed by atoms with Gasteiger partial charge < -0.3 is 0 Å². The second-order valence-electron chi connectivity index (χ2n) is 12.7. The van der Waals surface area contributed by atoms with Crippen molar-refractivity contribution in [3.05, 3.63) is 176 Å². The molecule has 4 heterocycles. The number of fused-ring (bicyclic) bond motifs is 6. The van der Waals surface area contributed by atoms with Crippen LogP contribution in [-0.4, -0.2) is 24.3 Å². The van der Waals surface area contributed by atoms with Crippen molar-refractivity contribution >= 4 is 38.5 Å². The minimum Gasteiger partial charge on any atom is -0.298 e. The second kappa shape index (κ2) is 11.9. The van der Waals surface area contributed by atoms with Crippen LogP contribution in [0.2, 0.25) is 0 Å². The number of pyridine rings is 2. The molecule has 0 spiro atoms. The summed E-state index contributed by atoms with van der Waals surface area (Å²) in [5, 5.41) is 2.09. The van der Waals surface area contributed by atoms with E-state index in [1.165, 1.54) is 11.1 Å². The summed E-state index contributed by atoms with van der Waals surface area (Å²) in [5.41, 5.74) is 14.3. The van der Waals surface area contributed by atoms with Crippen molar-refractivity contribution in [2.75, 3.05) is 0 Å². The molecule has 0 unspecified atom stereocenters. The van der Waals surface area contributed by atoms with Crippen molar-refractivity contribution in [1.29, 1.82) is 0 Å². The van der Waals surface area contributed by atoms with Gasteiger partial charge in [-0.15, -0.1) is 0 Å². The van der Waals surface area contributed by atoms with Gasteiger partial charge in [-0.2, -0.15) is 0 Å². The number of para-hydroxylation sites is 2. The van der Waals surface area contributed by atoms with Crippen LogP contribution in [0.25, 0.3) is 94.6 Å². The Kier molecular flexibility index (Phi) is 6.74. The van der Waals surface area contributed by atoms with E-state index < -0.39 is 0 Å². The summed E-state index contributed by atoms with van der Waals surface area (Å²) >= 11 is 0. The van der Waals surface area contributed by atoms with Crippen LogP contribution in [0.4, 0.5) is 0 Å². The minimum atomic E-state index is 0.706. The third-order valence-electron chi connectivity index (χ3n) is 9.65. The fourth-order valence-corrected chi connectivity index (χ4v) is 7.07. The molecule has 10 rings (SSSR count). The van der Waals surface area contributed by atoms with E-state index in [1.807, 2.05) is 48.5 Å². The van der Waals surface area contributed by atoms with Gasteiger partial charge in [0.25, 0.3) is 0 Å². The zero-order valence-electron chi connectivity index (χ0n) is 27.5. The lowest BCUT2D eigenvalue weighted by molar-refractivity contribution is 1.22. The molecule has 0 N–H and O–H groups in total.